The lowest BCUT2D eigenvalue weighted by Gasteiger charge is -2.26. The normalized spacial score (nSPS) is 18.7. The Labute approximate surface area is 169 Å². The number of pyridine rings is 1. The van der Waals surface area contributed by atoms with E-state index < -0.39 is 0 Å². The van der Waals surface area contributed by atoms with E-state index in [2.05, 4.69) is 25.5 Å². The quantitative estimate of drug-likeness (QED) is 0.562. The lowest BCUT2D eigenvalue weighted by Crippen LogP contribution is -2.32. The molecular formula is C21H21N5OS. The average Bonchev–Trinajstić information content (AvgIpc) is 3.35. The summed E-state index contributed by atoms with van der Waals surface area (Å²) >= 11 is 5.59. The maximum absolute atomic E-state index is 12.4. The number of nitrogens with zero attached hydrogens (tertiary/aromatic N) is 2. The highest BCUT2D eigenvalue weighted by Gasteiger charge is 2.40. The number of benzene rings is 1. The Morgan fingerprint density at radius 1 is 1.11 bits per heavy atom. The summed E-state index contributed by atoms with van der Waals surface area (Å²) in [6.45, 7) is 0.511. The second-order valence-electron chi connectivity index (χ2n) is 6.61. The van der Waals surface area contributed by atoms with E-state index in [-0.39, 0.29) is 18.0 Å². The molecule has 1 amide bonds. The molecule has 3 heterocycles. The van der Waals surface area contributed by atoms with Crippen molar-refractivity contribution in [3.8, 4) is 0 Å². The monoisotopic (exact) mass is 391 g/mol. The molecule has 3 aromatic rings. The number of rotatable bonds is 6. The van der Waals surface area contributed by atoms with E-state index in [0.717, 1.165) is 17.1 Å². The van der Waals surface area contributed by atoms with Gasteiger partial charge in [0.15, 0.2) is 5.11 Å². The number of para-hydroxylation sites is 1. The summed E-state index contributed by atoms with van der Waals surface area (Å²) in [5.41, 5.74) is 2.74. The minimum atomic E-state index is -0.0791. The van der Waals surface area contributed by atoms with E-state index in [0.29, 0.717) is 18.1 Å². The van der Waals surface area contributed by atoms with Crippen LogP contribution in [0, 0.1) is 0 Å². The van der Waals surface area contributed by atoms with Crippen LogP contribution in [0.4, 0.5) is 5.69 Å². The molecule has 1 aliphatic heterocycles. The van der Waals surface area contributed by atoms with Gasteiger partial charge in [0.25, 0.3) is 0 Å². The molecule has 1 fully saturated rings. The van der Waals surface area contributed by atoms with Crippen LogP contribution in [0.25, 0.3) is 0 Å². The smallest absolute Gasteiger partial charge is 0.226 e. The van der Waals surface area contributed by atoms with Crippen molar-refractivity contribution in [3.63, 3.8) is 0 Å². The van der Waals surface area contributed by atoms with Crippen LogP contribution in [0.5, 0.6) is 0 Å². The minimum Gasteiger partial charge on any atom is -0.363 e. The van der Waals surface area contributed by atoms with Crippen LogP contribution in [-0.4, -0.2) is 32.4 Å². The number of hydrogen-bond donors (Lipinski definition) is 3. The number of nitrogens with one attached hydrogen (secondary N) is 3. The zero-order valence-electron chi connectivity index (χ0n) is 15.2. The molecule has 142 valence electrons. The topological polar surface area (TPSA) is 73.0 Å². The molecule has 0 aliphatic carbocycles. The number of thiocarbonyl (C=S) groups is 1. The predicted molar refractivity (Wildman–Crippen MR) is 113 cm³/mol. The second kappa shape index (κ2) is 8.22. The van der Waals surface area contributed by atoms with Gasteiger partial charge in [-0.05, 0) is 48.6 Å². The van der Waals surface area contributed by atoms with E-state index in [1.807, 2.05) is 66.9 Å². The summed E-state index contributed by atoms with van der Waals surface area (Å²) in [5.74, 6) is -0.0412. The number of H-pyrrole nitrogens is 1. The minimum absolute atomic E-state index is 0.0412. The third-order valence-electron chi connectivity index (χ3n) is 4.78. The predicted octanol–water partition coefficient (Wildman–Crippen LogP) is 3.41. The summed E-state index contributed by atoms with van der Waals surface area (Å²) in [6, 6.07) is 19.2. The Kier molecular flexibility index (Phi) is 5.34. The number of carbonyl (C=O) groups is 1. The number of hydrogen-bond acceptors (Lipinski definition) is 3. The van der Waals surface area contributed by atoms with Gasteiger partial charge in [0.05, 0.1) is 17.8 Å². The van der Waals surface area contributed by atoms with Crippen LogP contribution >= 0.6 is 12.2 Å². The number of amides is 1. The Morgan fingerprint density at radius 2 is 1.93 bits per heavy atom. The molecule has 1 aromatic carbocycles. The molecule has 1 saturated heterocycles. The first-order valence-electron chi connectivity index (χ1n) is 9.18. The molecular weight excluding hydrogens is 370 g/mol. The van der Waals surface area contributed by atoms with E-state index in [9.17, 15) is 4.79 Å². The van der Waals surface area contributed by atoms with Crippen molar-refractivity contribution in [1.82, 2.24) is 20.2 Å². The summed E-state index contributed by atoms with van der Waals surface area (Å²) in [6.07, 6.45) is 4.01. The SMILES string of the molecule is O=C(CCN1C(=S)N[C@@H](c2ccccn2)[C@H]1c1ccc[nH]1)Nc1ccccc1. The fourth-order valence-corrected chi connectivity index (χ4v) is 3.81. The van der Waals surface area contributed by atoms with Gasteiger partial charge >= 0.3 is 0 Å². The molecule has 2 aromatic heterocycles. The van der Waals surface area contributed by atoms with Crippen LogP contribution in [0.2, 0.25) is 0 Å². The Hall–Kier alpha value is -3.19. The third-order valence-corrected chi connectivity index (χ3v) is 5.13. The molecule has 6 nitrogen and oxygen atoms in total. The van der Waals surface area contributed by atoms with Gasteiger partial charge in [-0.2, -0.15) is 0 Å². The van der Waals surface area contributed by atoms with Crippen molar-refractivity contribution >= 4 is 28.9 Å². The highest BCUT2D eigenvalue weighted by atomic mass is 32.1. The van der Waals surface area contributed by atoms with Crippen molar-refractivity contribution in [1.29, 1.82) is 0 Å². The first kappa shape index (κ1) is 18.2. The Bertz CT molecular complexity index is 930. The van der Waals surface area contributed by atoms with Crippen molar-refractivity contribution in [2.75, 3.05) is 11.9 Å². The van der Waals surface area contributed by atoms with E-state index in [1.165, 1.54) is 0 Å². The maximum Gasteiger partial charge on any atom is 0.226 e. The Balaban J connectivity index is 1.50. The van der Waals surface area contributed by atoms with Crippen molar-refractivity contribution in [2.45, 2.75) is 18.5 Å². The molecule has 0 radical (unpaired) electrons. The fourth-order valence-electron chi connectivity index (χ4n) is 3.48. The summed E-state index contributed by atoms with van der Waals surface area (Å²) < 4.78 is 0. The van der Waals surface area contributed by atoms with E-state index >= 15 is 0 Å². The van der Waals surface area contributed by atoms with E-state index in [1.54, 1.807) is 6.20 Å². The van der Waals surface area contributed by atoms with Crippen LogP contribution in [0.3, 0.4) is 0 Å². The second-order valence-corrected chi connectivity index (χ2v) is 7.00. The van der Waals surface area contributed by atoms with Gasteiger partial charge in [0.1, 0.15) is 0 Å². The number of aromatic amines is 1. The standard InChI is InChI=1S/C21H21N5OS/c27-18(24-15-7-2-1-3-8-15)11-14-26-20(17-10-6-13-23-17)19(25-21(26)28)16-9-4-5-12-22-16/h1-10,12-13,19-20,23H,11,14H2,(H,24,27)(H,25,28)/t19-,20+/m0/s1. The molecule has 0 spiro atoms. The van der Waals surface area contributed by atoms with Crippen molar-refractivity contribution in [2.24, 2.45) is 0 Å². The van der Waals surface area contributed by atoms with Crippen molar-refractivity contribution < 1.29 is 4.79 Å². The highest BCUT2D eigenvalue weighted by Crippen LogP contribution is 2.37. The van der Waals surface area contributed by atoms with Gasteiger partial charge in [-0.25, -0.2) is 0 Å². The van der Waals surface area contributed by atoms with Crippen LogP contribution in [0.1, 0.15) is 29.9 Å². The van der Waals surface area contributed by atoms with E-state index in [4.69, 9.17) is 12.2 Å². The molecule has 7 heteroatoms. The maximum atomic E-state index is 12.4. The number of aromatic nitrogens is 2. The number of carbonyl (C=O) groups excluding carboxylic acids is 1. The van der Waals surface area contributed by atoms with Crippen LogP contribution < -0.4 is 10.6 Å². The summed E-state index contributed by atoms with van der Waals surface area (Å²) in [4.78, 5) is 22.2. The van der Waals surface area contributed by atoms with Gasteiger partial charge < -0.3 is 20.5 Å². The largest absolute Gasteiger partial charge is 0.363 e. The van der Waals surface area contributed by atoms with Gasteiger partial charge in [0.2, 0.25) is 5.91 Å². The lowest BCUT2D eigenvalue weighted by atomic mass is 10.0. The molecule has 0 bridgehead atoms. The number of anilines is 1. The van der Waals surface area contributed by atoms with Gasteiger partial charge in [-0.1, -0.05) is 24.3 Å². The fraction of sp³-hybridized carbons (Fsp3) is 0.190. The molecule has 0 saturated carbocycles. The summed E-state index contributed by atoms with van der Waals surface area (Å²) in [5, 5.41) is 6.93. The molecule has 0 unspecified atom stereocenters. The summed E-state index contributed by atoms with van der Waals surface area (Å²) in [7, 11) is 0. The molecule has 4 rings (SSSR count). The van der Waals surface area contributed by atoms with Gasteiger partial charge in [-0.3, -0.25) is 9.78 Å². The first-order chi connectivity index (χ1) is 13.7. The molecule has 3 N–H and O–H groups in total. The van der Waals surface area contributed by atoms with Gasteiger partial charge in [-0.15, -0.1) is 0 Å². The third kappa shape index (κ3) is 3.89. The zero-order chi connectivity index (χ0) is 19.3. The van der Waals surface area contributed by atoms with Crippen LogP contribution in [-0.2, 0) is 4.79 Å². The highest BCUT2D eigenvalue weighted by molar-refractivity contribution is 7.80. The van der Waals surface area contributed by atoms with Crippen molar-refractivity contribution in [3.05, 3.63) is 84.4 Å². The molecule has 1 aliphatic rings. The van der Waals surface area contributed by atoms with Gasteiger partial charge in [0, 0.05) is 36.7 Å². The first-order valence-corrected chi connectivity index (χ1v) is 9.59. The molecule has 2 atom stereocenters. The lowest BCUT2D eigenvalue weighted by molar-refractivity contribution is -0.116. The Morgan fingerprint density at radius 3 is 2.64 bits per heavy atom. The van der Waals surface area contributed by atoms with Crippen LogP contribution in [0.15, 0.2) is 73.1 Å². The average molecular weight is 392 g/mol. The zero-order valence-corrected chi connectivity index (χ0v) is 16.0. The molecule has 28 heavy (non-hydrogen) atoms.